The molecule has 1 aromatic carbocycles. The van der Waals surface area contributed by atoms with E-state index >= 15 is 4.39 Å². The van der Waals surface area contributed by atoms with E-state index in [1.807, 2.05) is 9.47 Å². The number of carboxylic acid groups (broad SMARTS) is 1. The van der Waals surface area contributed by atoms with E-state index in [2.05, 4.69) is 25.9 Å². The number of piperidine rings is 1. The largest absolute Gasteiger partial charge is 0.492 e. The number of rotatable bonds is 10. The summed E-state index contributed by atoms with van der Waals surface area (Å²) in [6.07, 6.45) is 8.04. The Hall–Kier alpha value is -4.46. The Bertz CT molecular complexity index is 1640. The predicted octanol–water partition coefficient (Wildman–Crippen LogP) is 1.33. The van der Waals surface area contributed by atoms with Crippen LogP contribution in [0.4, 0.5) is 10.1 Å². The lowest BCUT2D eigenvalue weighted by Gasteiger charge is -2.25. The molecule has 2 saturated heterocycles. The molecule has 4 heterocycles. The lowest BCUT2D eigenvalue weighted by Crippen LogP contribution is -2.51. The highest BCUT2D eigenvalue weighted by Gasteiger charge is 2.38. The van der Waals surface area contributed by atoms with Gasteiger partial charge in [-0.05, 0) is 51.1 Å². The summed E-state index contributed by atoms with van der Waals surface area (Å²) in [5.41, 5.74) is 0.323. The van der Waals surface area contributed by atoms with Crippen molar-refractivity contribution in [2.24, 2.45) is 5.92 Å². The molecule has 44 heavy (non-hydrogen) atoms. The molecule has 2 amide bonds. The first-order valence-electron chi connectivity index (χ1n) is 14.9. The van der Waals surface area contributed by atoms with Crippen molar-refractivity contribution in [1.82, 2.24) is 30.5 Å². The first-order chi connectivity index (χ1) is 21.2. The minimum Gasteiger partial charge on any atom is -0.492 e. The Morgan fingerprint density at radius 2 is 2.02 bits per heavy atom. The zero-order valence-corrected chi connectivity index (χ0v) is 24.6. The number of nitrogens with zero attached hydrogens (tertiary/aromatic N) is 3. The van der Waals surface area contributed by atoms with Crippen molar-refractivity contribution in [3.8, 4) is 5.75 Å². The topological polar surface area (TPSA) is 171 Å². The normalized spacial score (nSPS) is 21.0. The Morgan fingerprint density at radius 1 is 1.23 bits per heavy atom. The molecule has 3 aliphatic rings. The Morgan fingerprint density at radius 3 is 2.68 bits per heavy atom. The van der Waals surface area contributed by atoms with Crippen LogP contribution in [-0.4, -0.2) is 82.3 Å². The summed E-state index contributed by atoms with van der Waals surface area (Å²) >= 11 is 0. The maximum atomic E-state index is 15.9. The van der Waals surface area contributed by atoms with Gasteiger partial charge in [-0.25, -0.2) is 14.2 Å². The number of ether oxygens (including phenoxy) is 1. The molecule has 14 heteroatoms. The van der Waals surface area contributed by atoms with Gasteiger partial charge in [0.05, 0.1) is 24.3 Å². The smallest absolute Gasteiger partial charge is 0.326 e. The molecule has 1 aliphatic carbocycles. The Labute approximate surface area is 252 Å². The van der Waals surface area contributed by atoms with Crippen molar-refractivity contribution in [3.05, 3.63) is 52.1 Å². The number of imidazole rings is 1. The minimum absolute atomic E-state index is 0.000727. The second kappa shape index (κ2) is 11.9. The SMILES string of the molecule is COc1c(N2C[C@@H]3CCCN[C@@H]3C2)c(F)cc2c(=O)c(C(=O)NC(C)C(=O)NC(Cc3cnc[nH]3)C(=O)O)cn(C3CC3)c12. The van der Waals surface area contributed by atoms with Gasteiger partial charge in [0.1, 0.15) is 23.3 Å². The number of hydrogen-bond donors (Lipinski definition) is 5. The number of aliphatic carboxylic acids is 1. The molecule has 4 atom stereocenters. The molecule has 6 rings (SSSR count). The van der Waals surface area contributed by atoms with Gasteiger partial charge in [-0.1, -0.05) is 0 Å². The molecule has 5 N–H and O–H groups in total. The van der Waals surface area contributed by atoms with Gasteiger partial charge < -0.3 is 40.2 Å². The summed E-state index contributed by atoms with van der Waals surface area (Å²) in [7, 11) is 1.46. The lowest BCUT2D eigenvalue weighted by atomic mass is 9.94. The van der Waals surface area contributed by atoms with Gasteiger partial charge in [-0.3, -0.25) is 14.4 Å². The summed E-state index contributed by atoms with van der Waals surface area (Å²) in [4.78, 5) is 60.3. The summed E-state index contributed by atoms with van der Waals surface area (Å²) < 4.78 is 23.5. The van der Waals surface area contributed by atoms with Crippen molar-refractivity contribution in [3.63, 3.8) is 0 Å². The standard InChI is InChI=1S/C30H36FN7O6/c1-15(28(40)36-22(30(42)43)8-17-10-32-14-34-17)35-29(41)20-12-38(18-5-6-18)24-19(26(20)39)9-21(31)25(27(24)44-2)37-11-16-4-3-7-33-23(16)13-37/h9-10,12,14-16,18,22-23,33H,3-8,11,13H2,1-2H3,(H,32,34)(H,35,41)(H,36,40)(H,42,43)/t15?,16-,22?,23+/m0/s1. The zero-order valence-electron chi connectivity index (χ0n) is 24.6. The molecular formula is C30H36FN7O6. The van der Waals surface area contributed by atoms with Gasteiger partial charge in [-0.2, -0.15) is 0 Å². The number of anilines is 1. The third kappa shape index (κ3) is 5.61. The van der Waals surface area contributed by atoms with Crippen molar-refractivity contribution < 1.29 is 28.6 Å². The number of carboxylic acids is 1. The van der Waals surface area contributed by atoms with Gasteiger partial charge in [0, 0.05) is 49.7 Å². The zero-order chi connectivity index (χ0) is 31.1. The van der Waals surface area contributed by atoms with Crippen LogP contribution in [0.2, 0.25) is 0 Å². The van der Waals surface area contributed by atoms with Gasteiger partial charge in [0.2, 0.25) is 11.3 Å². The van der Waals surface area contributed by atoms with E-state index in [1.165, 1.54) is 38.8 Å². The number of halogens is 1. The average Bonchev–Trinajstić information content (AvgIpc) is 3.54. The van der Waals surface area contributed by atoms with E-state index in [0.717, 1.165) is 32.2 Å². The third-order valence-electron chi connectivity index (χ3n) is 8.84. The number of methoxy groups -OCH3 is 1. The van der Waals surface area contributed by atoms with E-state index in [-0.39, 0.29) is 35.2 Å². The number of amides is 2. The van der Waals surface area contributed by atoms with Crippen molar-refractivity contribution >= 4 is 34.4 Å². The van der Waals surface area contributed by atoms with Crippen LogP contribution < -0.4 is 31.0 Å². The van der Waals surface area contributed by atoms with Gasteiger partial charge in [0.25, 0.3) is 5.91 Å². The molecule has 13 nitrogen and oxygen atoms in total. The van der Waals surface area contributed by atoms with Crippen LogP contribution in [0.25, 0.3) is 10.9 Å². The van der Waals surface area contributed by atoms with Crippen LogP contribution in [0.5, 0.6) is 5.75 Å². The first-order valence-corrected chi connectivity index (χ1v) is 14.9. The van der Waals surface area contributed by atoms with Crippen molar-refractivity contribution in [2.45, 2.75) is 63.2 Å². The Balaban J connectivity index is 1.29. The number of fused-ring (bicyclic) bond motifs is 2. The minimum atomic E-state index is -1.27. The fraction of sp³-hybridized carbons (Fsp3) is 0.500. The number of nitrogens with one attached hydrogen (secondary N) is 4. The van der Waals surface area contributed by atoms with E-state index < -0.39 is 41.1 Å². The molecule has 2 unspecified atom stereocenters. The van der Waals surface area contributed by atoms with Crippen LogP contribution in [0.3, 0.4) is 0 Å². The quantitative estimate of drug-likeness (QED) is 0.228. The van der Waals surface area contributed by atoms with E-state index in [4.69, 9.17) is 4.74 Å². The molecule has 0 bridgehead atoms. The van der Waals surface area contributed by atoms with Crippen LogP contribution in [-0.2, 0) is 16.0 Å². The summed E-state index contributed by atoms with van der Waals surface area (Å²) in [5, 5.41) is 18.0. The predicted molar refractivity (Wildman–Crippen MR) is 159 cm³/mol. The van der Waals surface area contributed by atoms with Gasteiger partial charge in [0.15, 0.2) is 11.6 Å². The molecule has 0 radical (unpaired) electrons. The number of H-pyrrole nitrogens is 1. The fourth-order valence-corrected chi connectivity index (χ4v) is 6.42. The van der Waals surface area contributed by atoms with Crippen LogP contribution >= 0.6 is 0 Å². The highest BCUT2D eigenvalue weighted by atomic mass is 19.1. The second-order valence-electron chi connectivity index (χ2n) is 11.9. The molecule has 2 aliphatic heterocycles. The van der Waals surface area contributed by atoms with Crippen molar-refractivity contribution in [2.75, 3.05) is 31.6 Å². The van der Waals surface area contributed by atoms with E-state index in [1.54, 1.807) is 0 Å². The monoisotopic (exact) mass is 609 g/mol. The fourth-order valence-electron chi connectivity index (χ4n) is 6.42. The molecule has 2 aromatic heterocycles. The highest BCUT2D eigenvalue weighted by molar-refractivity contribution is 6.01. The molecule has 3 fully saturated rings. The molecule has 234 valence electrons. The average molecular weight is 610 g/mol. The Kier molecular flexibility index (Phi) is 8.01. The number of aromatic nitrogens is 3. The summed E-state index contributed by atoms with van der Waals surface area (Å²) in [6, 6.07) is -0.995. The molecule has 0 spiro atoms. The van der Waals surface area contributed by atoms with Crippen molar-refractivity contribution in [1.29, 1.82) is 0 Å². The van der Waals surface area contributed by atoms with Crippen LogP contribution in [0, 0.1) is 11.7 Å². The third-order valence-corrected chi connectivity index (χ3v) is 8.84. The van der Waals surface area contributed by atoms with E-state index in [9.17, 15) is 24.3 Å². The number of benzene rings is 1. The lowest BCUT2D eigenvalue weighted by molar-refractivity contribution is -0.142. The summed E-state index contributed by atoms with van der Waals surface area (Å²) in [5.74, 6) is -2.77. The maximum absolute atomic E-state index is 15.9. The number of aromatic amines is 1. The summed E-state index contributed by atoms with van der Waals surface area (Å²) in [6.45, 7) is 3.63. The van der Waals surface area contributed by atoms with Crippen LogP contribution in [0.15, 0.2) is 29.6 Å². The molecule has 3 aromatic rings. The molecule has 1 saturated carbocycles. The number of carbonyl (C=O) groups excluding carboxylic acids is 2. The van der Waals surface area contributed by atoms with Gasteiger partial charge in [-0.15, -0.1) is 0 Å². The molecular weight excluding hydrogens is 573 g/mol. The van der Waals surface area contributed by atoms with Gasteiger partial charge >= 0.3 is 5.97 Å². The second-order valence-corrected chi connectivity index (χ2v) is 11.9. The first kappa shape index (κ1) is 29.6. The number of hydrogen-bond acceptors (Lipinski definition) is 8. The number of pyridine rings is 1. The highest BCUT2D eigenvalue weighted by Crippen LogP contribution is 2.45. The van der Waals surface area contributed by atoms with Crippen LogP contribution in [0.1, 0.15) is 54.7 Å². The maximum Gasteiger partial charge on any atom is 0.326 e. The number of carbonyl (C=O) groups is 3. The van der Waals surface area contributed by atoms with E-state index in [0.29, 0.717) is 35.9 Å².